The molecule has 1 saturated heterocycles. The molecule has 0 bridgehead atoms. The Morgan fingerprint density at radius 1 is 1.50 bits per heavy atom. The topological polar surface area (TPSA) is 41.1 Å². The second kappa shape index (κ2) is 5.50. The van der Waals surface area contributed by atoms with Gasteiger partial charge in [0.25, 0.3) is 0 Å². The third-order valence-corrected chi connectivity index (χ3v) is 3.15. The summed E-state index contributed by atoms with van der Waals surface area (Å²) in [5, 5.41) is 3.11. The fraction of sp³-hybridized carbons (Fsp3) is 0.636. The summed E-state index contributed by atoms with van der Waals surface area (Å²) in [6, 6.07) is 0. The lowest BCUT2D eigenvalue weighted by atomic mass is 10.0. The maximum atomic E-state index is 4.31. The van der Waals surface area contributed by atoms with E-state index in [1.165, 1.54) is 18.5 Å². The third-order valence-electron chi connectivity index (χ3n) is 2.93. The molecule has 2 heterocycles. The Bertz CT molecular complexity index is 327. The molecule has 0 radical (unpaired) electrons. The molecule has 4 nitrogen and oxygen atoms in total. The summed E-state index contributed by atoms with van der Waals surface area (Å²) in [6.07, 6.45) is 5.10. The number of likely N-dealkylation sites (N-methyl/N-ethyl adjacent to an activating group) is 1. The SMILES string of the molecule is CN1CCC(c2cnc(NCCS)nc2)C1. The lowest BCUT2D eigenvalue weighted by molar-refractivity contribution is 0.411. The third kappa shape index (κ3) is 2.86. The Labute approximate surface area is 102 Å². The van der Waals surface area contributed by atoms with Gasteiger partial charge in [-0.2, -0.15) is 12.6 Å². The highest BCUT2D eigenvalue weighted by Crippen LogP contribution is 2.25. The molecule has 1 aliphatic heterocycles. The van der Waals surface area contributed by atoms with Crippen LogP contribution in [0.25, 0.3) is 0 Å². The van der Waals surface area contributed by atoms with Crippen molar-refractivity contribution in [2.24, 2.45) is 0 Å². The van der Waals surface area contributed by atoms with Gasteiger partial charge in [-0.15, -0.1) is 0 Å². The first-order valence-corrected chi connectivity index (χ1v) is 6.28. The van der Waals surface area contributed by atoms with Crippen LogP contribution in [-0.4, -0.2) is 47.3 Å². The molecule has 88 valence electrons. The van der Waals surface area contributed by atoms with Crippen molar-refractivity contribution in [2.45, 2.75) is 12.3 Å². The fourth-order valence-corrected chi connectivity index (χ4v) is 2.13. The molecule has 1 aromatic heterocycles. The maximum absolute atomic E-state index is 4.31. The molecule has 16 heavy (non-hydrogen) atoms. The molecule has 2 rings (SSSR count). The molecule has 1 atom stereocenters. The smallest absolute Gasteiger partial charge is 0.222 e. The molecule has 1 aliphatic rings. The van der Waals surface area contributed by atoms with E-state index in [-0.39, 0.29) is 0 Å². The van der Waals surface area contributed by atoms with Crippen LogP contribution < -0.4 is 5.32 Å². The number of likely N-dealkylation sites (tertiary alicyclic amines) is 1. The molecule has 0 aromatic carbocycles. The van der Waals surface area contributed by atoms with E-state index in [1.54, 1.807) is 0 Å². The van der Waals surface area contributed by atoms with E-state index >= 15 is 0 Å². The highest BCUT2D eigenvalue weighted by atomic mass is 32.1. The van der Waals surface area contributed by atoms with Crippen molar-refractivity contribution in [1.29, 1.82) is 0 Å². The standard InChI is InChI=1S/C11H18N4S/c1-15-4-2-9(8-15)10-6-13-11(14-7-10)12-3-5-16/h6-7,9,16H,2-5,8H2,1H3,(H,12,13,14). The second-order valence-electron chi connectivity index (χ2n) is 4.24. The monoisotopic (exact) mass is 238 g/mol. The molecular formula is C11H18N4S. The van der Waals surface area contributed by atoms with Crippen molar-refractivity contribution in [3.05, 3.63) is 18.0 Å². The first kappa shape index (κ1) is 11.7. The predicted octanol–water partition coefficient (Wildman–Crippen LogP) is 1.24. The van der Waals surface area contributed by atoms with Crippen molar-refractivity contribution >= 4 is 18.6 Å². The van der Waals surface area contributed by atoms with Crippen molar-refractivity contribution in [1.82, 2.24) is 14.9 Å². The number of hydrogen-bond acceptors (Lipinski definition) is 5. The first-order chi connectivity index (χ1) is 7.79. The number of anilines is 1. The van der Waals surface area contributed by atoms with Gasteiger partial charge in [-0.05, 0) is 25.6 Å². The van der Waals surface area contributed by atoms with E-state index in [0.717, 1.165) is 18.8 Å². The number of rotatable bonds is 4. The van der Waals surface area contributed by atoms with Gasteiger partial charge in [-0.25, -0.2) is 9.97 Å². The van der Waals surface area contributed by atoms with Crippen LogP contribution in [0.3, 0.4) is 0 Å². The van der Waals surface area contributed by atoms with E-state index in [1.807, 2.05) is 12.4 Å². The van der Waals surface area contributed by atoms with Crippen LogP contribution >= 0.6 is 12.6 Å². The summed E-state index contributed by atoms with van der Waals surface area (Å²) in [7, 11) is 2.16. The van der Waals surface area contributed by atoms with Crippen LogP contribution in [0.1, 0.15) is 17.9 Å². The Hall–Kier alpha value is -0.810. The van der Waals surface area contributed by atoms with E-state index in [9.17, 15) is 0 Å². The normalized spacial score (nSPS) is 21.2. The van der Waals surface area contributed by atoms with Crippen molar-refractivity contribution in [3.63, 3.8) is 0 Å². The second-order valence-corrected chi connectivity index (χ2v) is 4.69. The number of nitrogens with one attached hydrogen (secondary N) is 1. The van der Waals surface area contributed by atoms with Crippen LogP contribution in [0.5, 0.6) is 0 Å². The molecule has 1 N–H and O–H groups in total. The quantitative estimate of drug-likeness (QED) is 0.774. The first-order valence-electron chi connectivity index (χ1n) is 5.65. The van der Waals surface area contributed by atoms with Crippen molar-refractivity contribution in [3.8, 4) is 0 Å². The van der Waals surface area contributed by atoms with Gasteiger partial charge in [0.05, 0.1) is 0 Å². The van der Waals surface area contributed by atoms with Gasteiger partial charge in [0.1, 0.15) is 0 Å². The molecule has 1 unspecified atom stereocenters. The average Bonchev–Trinajstić information content (AvgIpc) is 2.74. The van der Waals surface area contributed by atoms with Crippen LogP contribution in [0.15, 0.2) is 12.4 Å². The maximum Gasteiger partial charge on any atom is 0.222 e. The zero-order valence-electron chi connectivity index (χ0n) is 9.56. The number of aromatic nitrogens is 2. The van der Waals surface area contributed by atoms with Gasteiger partial charge < -0.3 is 10.2 Å². The highest BCUT2D eigenvalue weighted by Gasteiger charge is 2.21. The van der Waals surface area contributed by atoms with Crippen molar-refractivity contribution in [2.75, 3.05) is 37.8 Å². The molecule has 1 fully saturated rings. The Kier molecular flexibility index (Phi) is 4.01. The summed E-state index contributed by atoms with van der Waals surface area (Å²) in [6.45, 7) is 3.09. The largest absolute Gasteiger partial charge is 0.353 e. The minimum atomic E-state index is 0.601. The van der Waals surface area contributed by atoms with Gasteiger partial charge in [0, 0.05) is 37.2 Å². The predicted molar refractivity (Wildman–Crippen MR) is 69.2 cm³/mol. The molecule has 0 saturated carbocycles. The molecular weight excluding hydrogens is 220 g/mol. The Morgan fingerprint density at radius 2 is 2.25 bits per heavy atom. The van der Waals surface area contributed by atoms with Crippen LogP contribution in [-0.2, 0) is 0 Å². The highest BCUT2D eigenvalue weighted by molar-refractivity contribution is 7.80. The molecule has 0 amide bonds. The number of hydrogen-bond donors (Lipinski definition) is 2. The molecule has 1 aromatic rings. The van der Waals surface area contributed by atoms with E-state index in [0.29, 0.717) is 11.9 Å². The van der Waals surface area contributed by atoms with E-state index < -0.39 is 0 Å². The summed E-state index contributed by atoms with van der Waals surface area (Å²) >= 11 is 4.13. The summed E-state index contributed by atoms with van der Waals surface area (Å²) < 4.78 is 0. The lowest BCUT2D eigenvalue weighted by Crippen LogP contribution is -2.13. The van der Waals surface area contributed by atoms with Gasteiger partial charge in [0.2, 0.25) is 5.95 Å². The van der Waals surface area contributed by atoms with Gasteiger partial charge in [-0.1, -0.05) is 0 Å². The summed E-state index contributed by atoms with van der Waals surface area (Å²) in [5.74, 6) is 2.09. The lowest BCUT2D eigenvalue weighted by Gasteiger charge is -2.10. The molecule has 0 aliphatic carbocycles. The number of thiol groups is 1. The summed E-state index contributed by atoms with van der Waals surface area (Å²) in [4.78, 5) is 11.0. The number of nitrogens with zero attached hydrogens (tertiary/aromatic N) is 3. The molecule has 0 spiro atoms. The zero-order valence-corrected chi connectivity index (χ0v) is 10.5. The molecule has 5 heteroatoms. The minimum absolute atomic E-state index is 0.601. The van der Waals surface area contributed by atoms with Crippen molar-refractivity contribution < 1.29 is 0 Å². The fourth-order valence-electron chi connectivity index (χ4n) is 2.01. The van der Waals surface area contributed by atoms with E-state index in [4.69, 9.17) is 0 Å². The minimum Gasteiger partial charge on any atom is -0.353 e. The van der Waals surface area contributed by atoms with E-state index in [2.05, 4.69) is 39.9 Å². The zero-order chi connectivity index (χ0) is 11.4. The van der Waals surface area contributed by atoms with Crippen LogP contribution in [0, 0.1) is 0 Å². The van der Waals surface area contributed by atoms with Crippen LogP contribution in [0.4, 0.5) is 5.95 Å². The average molecular weight is 238 g/mol. The van der Waals surface area contributed by atoms with Crippen LogP contribution in [0.2, 0.25) is 0 Å². The van der Waals surface area contributed by atoms with Gasteiger partial charge in [-0.3, -0.25) is 0 Å². The Morgan fingerprint density at radius 3 is 2.81 bits per heavy atom. The summed E-state index contributed by atoms with van der Waals surface area (Å²) in [5.41, 5.74) is 1.25. The van der Waals surface area contributed by atoms with Gasteiger partial charge >= 0.3 is 0 Å². The van der Waals surface area contributed by atoms with Gasteiger partial charge in [0.15, 0.2) is 0 Å². The Balaban J connectivity index is 1.96.